The first-order valence-corrected chi connectivity index (χ1v) is 11.0. The summed E-state index contributed by atoms with van der Waals surface area (Å²) in [7, 11) is 1.60. The van der Waals surface area contributed by atoms with Crippen LogP contribution in [0.25, 0.3) is 0 Å². The number of alkyl halides is 3. The predicted molar refractivity (Wildman–Crippen MR) is 125 cm³/mol. The number of fused-ring (bicyclic) bond motifs is 2. The van der Waals surface area contributed by atoms with Crippen LogP contribution in [0.2, 0.25) is 0 Å². The van der Waals surface area contributed by atoms with Gasteiger partial charge in [0.2, 0.25) is 0 Å². The van der Waals surface area contributed by atoms with E-state index in [1.165, 1.54) is 12.1 Å². The van der Waals surface area contributed by atoms with E-state index in [9.17, 15) is 18.0 Å². The SMILES string of the molecule is COc1ccc(C2C=C3Nc4ccccc4NC(c4ccc(C(F)(F)F)cc4)C3C(=O)C2)cc1. The topological polar surface area (TPSA) is 50.4 Å². The Morgan fingerprint density at radius 2 is 1.53 bits per heavy atom. The van der Waals surface area contributed by atoms with Crippen molar-refractivity contribution in [2.24, 2.45) is 5.92 Å². The molecule has 2 N–H and O–H groups in total. The Morgan fingerprint density at radius 3 is 2.18 bits per heavy atom. The van der Waals surface area contributed by atoms with Crippen LogP contribution >= 0.6 is 0 Å². The van der Waals surface area contributed by atoms with Gasteiger partial charge in [-0.2, -0.15) is 13.2 Å². The van der Waals surface area contributed by atoms with Crippen LogP contribution in [0.3, 0.4) is 0 Å². The summed E-state index contributed by atoms with van der Waals surface area (Å²) in [5, 5.41) is 6.83. The monoisotopic (exact) mass is 464 g/mol. The molecule has 0 fully saturated rings. The lowest BCUT2D eigenvalue weighted by atomic mass is 9.76. The lowest BCUT2D eigenvalue weighted by Gasteiger charge is -2.32. The summed E-state index contributed by atoms with van der Waals surface area (Å²) in [5.41, 5.74) is 3.26. The average Bonchev–Trinajstić information content (AvgIpc) is 3.00. The summed E-state index contributed by atoms with van der Waals surface area (Å²) >= 11 is 0. The molecule has 4 nitrogen and oxygen atoms in total. The summed E-state index contributed by atoms with van der Waals surface area (Å²) in [6.07, 6.45) is -2.05. The predicted octanol–water partition coefficient (Wildman–Crippen LogP) is 6.55. The van der Waals surface area contributed by atoms with Gasteiger partial charge < -0.3 is 15.4 Å². The molecule has 0 amide bonds. The number of Topliss-reactive ketones (excluding diaryl/α,β-unsaturated/α-hetero) is 1. The number of carbonyl (C=O) groups is 1. The number of rotatable bonds is 3. The van der Waals surface area contributed by atoms with Crippen LogP contribution < -0.4 is 15.4 Å². The smallest absolute Gasteiger partial charge is 0.416 e. The lowest BCUT2D eigenvalue weighted by Crippen LogP contribution is -2.33. The summed E-state index contributed by atoms with van der Waals surface area (Å²) in [6.45, 7) is 0. The average molecular weight is 464 g/mol. The maximum Gasteiger partial charge on any atom is 0.416 e. The zero-order valence-electron chi connectivity index (χ0n) is 18.4. The molecule has 0 bridgehead atoms. The highest BCUT2D eigenvalue weighted by atomic mass is 19.4. The van der Waals surface area contributed by atoms with Crippen LogP contribution in [-0.4, -0.2) is 12.9 Å². The molecule has 1 heterocycles. The Kier molecular flexibility index (Phi) is 5.55. The molecule has 0 radical (unpaired) electrons. The Bertz CT molecular complexity index is 1230. The maximum absolute atomic E-state index is 13.5. The Labute approximate surface area is 195 Å². The van der Waals surface area contributed by atoms with E-state index in [1.807, 2.05) is 48.5 Å². The van der Waals surface area contributed by atoms with Crippen LogP contribution in [0.5, 0.6) is 5.75 Å². The van der Waals surface area contributed by atoms with Crippen molar-refractivity contribution in [3.05, 3.63) is 101 Å². The van der Waals surface area contributed by atoms with E-state index in [0.717, 1.165) is 40.5 Å². The molecule has 3 aromatic carbocycles. The molecule has 0 spiro atoms. The van der Waals surface area contributed by atoms with Crippen molar-refractivity contribution in [1.29, 1.82) is 0 Å². The fourth-order valence-corrected chi connectivity index (χ4v) is 4.73. The van der Waals surface area contributed by atoms with Gasteiger partial charge in [0.25, 0.3) is 0 Å². The van der Waals surface area contributed by atoms with Gasteiger partial charge in [-0.15, -0.1) is 0 Å². The number of para-hydroxylation sites is 2. The molecule has 7 heteroatoms. The van der Waals surface area contributed by atoms with Crippen molar-refractivity contribution in [1.82, 2.24) is 0 Å². The third-order valence-electron chi connectivity index (χ3n) is 6.48. The molecular formula is C27H23F3N2O2. The second kappa shape index (κ2) is 8.56. The maximum atomic E-state index is 13.5. The Balaban J connectivity index is 1.56. The van der Waals surface area contributed by atoms with Gasteiger partial charge in [-0.1, -0.05) is 42.5 Å². The van der Waals surface area contributed by atoms with Crippen molar-refractivity contribution < 1.29 is 22.7 Å². The number of allylic oxidation sites excluding steroid dienone is 1. The van der Waals surface area contributed by atoms with E-state index in [0.29, 0.717) is 12.0 Å². The normalized spacial score (nSPS) is 21.8. The van der Waals surface area contributed by atoms with Gasteiger partial charge in [-0.3, -0.25) is 4.79 Å². The van der Waals surface area contributed by atoms with E-state index in [4.69, 9.17) is 4.74 Å². The minimum atomic E-state index is -4.42. The molecule has 0 aromatic heterocycles. The highest BCUT2D eigenvalue weighted by molar-refractivity contribution is 5.90. The van der Waals surface area contributed by atoms with Crippen molar-refractivity contribution in [2.75, 3.05) is 17.7 Å². The van der Waals surface area contributed by atoms with Crippen molar-refractivity contribution in [3.8, 4) is 5.75 Å². The van der Waals surface area contributed by atoms with Crippen LogP contribution in [0.15, 0.2) is 84.6 Å². The van der Waals surface area contributed by atoms with Crippen molar-refractivity contribution >= 4 is 17.2 Å². The van der Waals surface area contributed by atoms with Crippen LogP contribution in [0, 0.1) is 5.92 Å². The number of hydrogen-bond donors (Lipinski definition) is 2. The summed E-state index contributed by atoms with van der Waals surface area (Å²) in [6, 6.07) is 19.7. The number of halogens is 3. The number of benzene rings is 3. The van der Waals surface area contributed by atoms with E-state index in [-0.39, 0.29) is 11.7 Å². The van der Waals surface area contributed by atoms with Gasteiger partial charge >= 0.3 is 6.18 Å². The molecule has 3 unspecified atom stereocenters. The van der Waals surface area contributed by atoms with Gasteiger partial charge in [0, 0.05) is 18.0 Å². The fourth-order valence-electron chi connectivity index (χ4n) is 4.73. The molecule has 5 rings (SSSR count). The molecule has 3 aromatic rings. The number of ketones is 1. The zero-order chi connectivity index (χ0) is 23.9. The molecule has 1 aliphatic carbocycles. The molecule has 34 heavy (non-hydrogen) atoms. The molecule has 0 saturated carbocycles. The van der Waals surface area contributed by atoms with E-state index in [1.54, 1.807) is 7.11 Å². The minimum Gasteiger partial charge on any atom is -0.497 e. The van der Waals surface area contributed by atoms with E-state index >= 15 is 0 Å². The second-order valence-electron chi connectivity index (χ2n) is 8.56. The van der Waals surface area contributed by atoms with E-state index in [2.05, 4.69) is 16.7 Å². The number of nitrogens with one attached hydrogen (secondary N) is 2. The standard InChI is InChI=1S/C27H23F3N2O2/c1-34-20-12-8-16(9-13-20)18-14-23-25(24(33)15-18)26(32-22-5-3-2-4-21(22)31-23)17-6-10-19(11-7-17)27(28,29)30/h2-14,18,25-26,31-32H,15H2,1H3. The van der Waals surface area contributed by atoms with Gasteiger partial charge in [-0.05, 0) is 47.5 Å². The van der Waals surface area contributed by atoms with Gasteiger partial charge in [0.15, 0.2) is 0 Å². The molecule has 3 atom stereocenters. The highest BCUT2D eigenvalue weighted by Crippen LogP contribution is 2.44. The molecular weight excluding hydrogens is 441 g/mol. The van der Waals surface area contributed by atoms with Crippen molar-refractivity contribution in [3.63, 3.8) is 0 Å². The second-order valence-corrected chi connectivity index (χ2v) is 8.56. The van der Waals surface area contributed by atoms with Gasteiger partial charge in [0.05, 0.1) is 36.0 Å². The quantitative estimate of drug-likeness (QED) is 0.462. The van der Waals surface area contributed by atoms with E-state index < -0.39 is 23.7 Å². The Morgan fingerprint density at radius 1 is 0.882 bits per heavy atom. The molecule has 1 aliphatic heterocycles. The molecule has 174 valence electrons. The van der Waals surface area contributed by atoms with Crippen LogP contribution in [0.4, 0.5) is 24.5 Å². The largest absolute Gasteiger partial charge is 0.497 e. The van der Waals surface area contributed by atoms with Gasteiger partial charge in [-0.25, -0.2) is 0 Å². The Hall–Kier alpha value is -3.74. The minimum absolute atomic E-state index is 0.0241. The molecule has 0 saturated heterocycles. The number of anilines is 2. The number of ether oxygens (including phenoxy) is 1. The first kappa shape index (κ1) is 22.1. The highest BCUT2D eigenvalue weighted by Gasteiger charge is 2.40. The first-order chi connectivity index (χ1) is 16.3. The number of hydrogen-bond acceptors (Lipinski definition) is 4. The fraction of sp³-hybridized carbons (Fsp3) is 0.222. The molecule has 2 aliphatic rings. The number of methoxy groups -OCH3 is 1. The van der Waals surface area contributed by atoms with Crippen LogP contribution in [-0.2, 0) is 11.0 Å². The van der Waals surface area contributed by atoms with Crippen LogP contribution in [0.1, 0.15) is 35.1 Å². The van der Waals surface area contributed by atoms with Crippen molar-refractivity contribution in [2.45, 2.75) is 24.6 Å². The third-order valence-corrected chi connectivity index (χ3v) is 6.48. The number of carbonyl (C=O) groups excluding carboxylic acids is 1. The lowest BCUT2D eigenvalue weighted by molar-refractivity contribution is -0.137. The summed E-state index contributed by atoms with van der Waals surface area (Å²) < 4.78 is 44.6. The zero-order valence-corrected chi connectivity index (χ0v) is 18.4. The third kappa shape index (κ3) is 4.14. The first-order valence-electron chi connectivity index (χ1n) is 11.0. The summed E-state index contributed by atoms with van der Waals surface area (Å²) in [4.78, 5) is 13.5. The summed E-state index contributed by atoms with van der Waals surface area (Å²) in [5.74, 6) is 0.0924. The van der Waals surface area contributed by atoms with Gasteiger partial charge in [0.1, 0.15) is 11.5 Å².